The number of halogens is 3. The Balaban J connectivity index is 1.96. The van der Waals surface area contributed by atoms with E-state index in [0.717, 1.165) is 18.2 Å². The number of carboxylic acids is 1. The molecular formula is C33H33F3N2O7. The van der Waals surface area contributed by atoms with Crippen LogP contribution < -0.4 is 5.32 Å². The first-order chi connectivity index (χ1) is 21.3. The van der Waals surface area contributed by atoms with Gasteiger partial charge in [0.2, 0.25) is 0 Å². The highest BCUT2D eigenvalue weighted by molar-refractivity contribution is 6.13. The Labute approximate surface area is 256 Å². The Morgan fingerprint density at radius 3 is 2.13 bits per heavy atom. The van der Waals surface area contributed by atoms with Gasteiger partial charge in [0.1, 0.15) is 17.3 Å². The molecule has 0 fully saturated rings. The van der Waals surface area contributed by atoms with Crippen molar-refractivity contribution in [3.8, 4) is 33.9 Å². The molecule has 2 atom stereocenters. The molecule has 1 heterocycles. The van der Waals surface area contributed by atoms with E-state index in [1.165, 1.54) is 42.5 Å². The molecule has 3 aromatic carbocycles. The number of aromatic nitrogens is 1. The summed E-state index contributed by atoms with van der Waals surface area (Å²) < 4.78 is 44.4. The third-order valence-electron chi connectivity index (χ3n) is 7.27. The summed E-state index contributed by atoms with van der Waals surface area (Å²) in [7, 11) is 0. The first-order valence-corrected chi connectivity index (χ1v) is 14.2. The molecule has 6 N–H and O–H groups in total. The second-order valence-electron chi connectivity index (χ2n) is 11.0. The number of hydrogen-bond donors (Lipinski definition) is 6. The SMILES string of the molecule is CC(C)c1c(C(=O)Nc2ccc(O)cc2O)c(-c2ccc(F)cc2)c(-c2ccc(F)c(F)c2)n1CC[C@@H](O)C[C@@H](O)CC(=O)O. The summed E-state index contributed by atoms with van der Waals surface area (Å²) in [5.41, 5.74) is 1.47. The number of aliphatic hydroxyl groups is 2. The highest BCUT2D eigenvalue weighted by Gasteiger charge is 2.31. The molecular weight excluding hydrogens is 593 g/mol. The number of aromatic hydroxyl groups is 2. The molecule has 45 heavy (non-hydrogen) atoms. The van der Waals surface area contributed by atoms with E-state index in [-0.39, 0.29) is 53.2 Å². The van der Waals surface area contributed by atoms with Gasteiger partial charge in [0.15, 0.2) is 11.6 Å². The molecule has 238 valence electrons. The molecule has 9 nitrogen and oxygen atoms in total. The summed E-state index contributed by atoms with van der Waals surface area (Å²) >= 11 is 0. The van der Waals surface area contributed by atoms with Crippen molar-refractivity contribution in [3.05, 3.63) is 89.4 Å². The number of phenols is 2. The number of aliphatic carboxylic acids is 1. The lowest BCUT2D eigenvalue weighted by Crippen LogP contribution is -2.22. The number of aliphatic hydroxyl groups excluding tert-OH is 2. The van der Waals surface area contributed by atoms with Gasteiger partial charge in [-0.3, -0.25) is 9.59 Å². The van der Waals surface area contributed by atoms with Crippen LogP contribution in [0.2, 0.25) is 0 Å². The van der Waals surface area contributed by atoms with Crippen molar-refractivity contribution in [2.45, 2.75) is 57.8 Å². The number of phenolic OH excluding ortho intramolecular Hbond substituents is 2. The van der Waals surface area contributed by atoms with Crippen LogP contribution in [-0.4, -0.2) is 54.2 Å². The van der Waals surface area contributed by atoms with E-state index in [0.29, 0.717) is 11.3 Å². The lowest BCUT2D eigenvalue weighted by Gasteiger charge is -2.20. The standard InChI is InChI=1S/C33H33F3N2O7/c1-17(2)31-30(33(45)37-26-10-8-21(39)15-27(26)42)29(18-3-6-20(34)7-4-18)32(19-5-9-24(35)25(36)13-19)38(31)12-11-22(40)14-23(41)16-28(43)44/h3-10,13,15,17,22-23,39-42H,11-12,14,16H2,1-2H3,(H,37,45)(H,43,44)/t22-,23-/m1/s1. The van der Waals surface area contributed by atoms with Gasteiger partial charge >= 0.3 is 5.97 Å². The minimum Gasteiger partial charge on any atom is -0.508 e. The maximum absolute atomic E-state index is 14.7. The van der Waals surface area contributed by atoms with Crippen molar-refractivity contribution in [1.29, 1.82) is 0 Å². The lowest BCUT2D eigenvalue weighted by molar-refractivity contribution is -0.139. The fraction of sp³-hybridized carbons (Fsp3) is 0.273. The van der Waals surface area contributed by atoms with Gasteiger partial charge in [-0.2, -0.15) is 0 Å². The number of hydrogen-bond acceptors (Lipinski definition) is 6. The number of anilines is 1. The molecule has 0 aliphatic rings. The normalized spacial score (nSPS) is 12.7. The van der Waals surface area contributed by atoms with E-state index in [1.807, 2.05) is 0 Å². The second-order valence-corrected chi connectivity index (χ2v) is 11.0. The molecule has 4 rings (SSSR count). The van der Waals surface area contributed by atoms with Gasteiger partial charge in [-0.05, 0) is 66.8 Å². The van der Waals surface area contributed by atoms with Crippen LogP contribution >= 0.6 is 0 Å². The van der Waals surface area contributed by atoms with Crippen LogP contribution in [-0.2, 0) is 11.3 Å². The highest BCUT2D eigenvalue weighted by Crippen LogP contribution is 2.43. The zero-order valence-corrected chi connectivity index (χ0v) is 24.5. The van der Waals surface area contributed by atoms with E-state index in [2.05, 4.69) is 5.32 Å². The van der Waals surface area contributed by atoms with Crippen LogP contribution in [0, 0.1) is 17.5 Å². The quantitative estimate of drug-likeness (QED) is 0.0833. The first kappa shape index (κ1) is 33.1. The number of amides is 1. The molecule has 0 aliphatic carbocycles. The predicted molar refractivity (Wildman–Crippen MR) is 160 cm³/mol. The Hall–Kier alpha value is -4.81. The molecule has 0 spiro atoms. The van der Waals surface area contributed by atoms with Crippen LogP contribution in [0.15, 0.2) is 60.7 Å². The summed E-state index contributed by atoms with van der Waals surface area (Å²) in [6.45, 7) is 3.57. The fourth-order valence-electron chi connectivity index (χ4n) is 5.35. The van der Waals surface area contributed by atoms with Gasteiger partial charge in [0.25, 0.3) is 5.91 Å². The Kier molecular flexibility index (Phi) is 10.2. The van der Waals surface area contributed by atoms with Crippen LogP contribution in [0.25, 0.3) is 22.4 Å². The number of carbonyl (C=O) groups excluding carboxylic acids is 1. The number of benzene rings is 3. The van der Waals surface area contributed by atoms with Gasteiger partial charge in [0, 0.05) is 29.4 Å². The summed E-state index contributed by atoms with van der Waals surface area (Å²) in [6.07, 6.45) is -3.32. The van der Waals surface area contributed by atoms with E-state index < -0.39 is 59.6 Å². The van der Waals surface area contributed by atoms with Crippen LogP contribution in [0.1, 0.15) is 55.1 Å². The summed E-state index contributed by atoms with van der Waals surface area (Å²) in [4.78, 5) is 25.1. The zero-order chi connectivity index (χ0) is 33.0. The Bertz CT molecular complexity index is 1700. The summed E-state index contributed by atoms with van der Waals surface area (Å²) in [6, 6.07) is 12.0. The Morgan fingerprint density at radius 1 is 0.867 bits per heavy atom. The van der Waals surface area contributed by atoms with Crippen LogP contribution in [0.3, 0.4) is 0 Å². The minimum atomic E-state index is -1.31. The van der Waals surface area contributed by atoms with E-state index in [4.69, 9.17) is 5.11 Å². The molecule has 0 saturated carbocycles. The minimum absolute atomic E-state index is 0.00522. The van der Waals surface area contributed by atoms with Crippen molar-refractivity contribution >= 4 is 17.6 Å². The van der Waals surface area contributed by atoms with Gasteiger partial charge in [-0.25, -0.2) is 13.2 Å². The third kappa shape index (κ3) is 7.65. The molecule has 0 bridgehead atoms. The predicted octanol–water partition coefficient (Wildman–Crippen LogP) is 6.00. The first-order valence-electron chi connectivity index (χ1n) is 14.2. The van der Waals surface area contributed by atoms with Crippen LogP contribution in [0.5, 0.6) is 11.5 Å². The number of carboxylic acid groups (broad SMARTS) is 1. The molecule has 1 aromatic heterocycles. The average Bonchev–Trinajstić information content (AvgIpc) is 3.30. The molecule has 4 aromatic rings. The topological polar surface area (TPSA) is 152 Å². The number of nitrogens with one attached hydrogen (secondary N) is 1. The maximum atomic E-state index is 14.7. The van der Waals surface area contributed by atoms with Crippen molar-refractivity contribution in [3.63, 3.8) is 0 Å². The van der Waals surface area contributed by atoms with Crippen LogP contribution in [0.4, 0.5) is 18.9 Å². The van der Waals surface area contributed by atoms with Crippen molar-refractivity contribution < 1.29 is 48.3 Å². The van der Waals surface area contributed by atoms with Crippen molar-refractivity contribution in [1.82, 2.24) is 4.57 Å². The van der Waals surface area contributed by atoms with E-state index in [1.54, 1.807) is 18.4 Å². The summed E-state index contributed by atoms with van der Waals surface area (Å²) in [5, 5.41) is 52.4. The van der Waals surface area contributed by atoms with Gasteiger partial charge < -0.3 is 35.4 Å². The molecule has 0 saturated heterocycles. The largest absolute Gasteiger partial charge is 0.508 e. The Morgan fingerprint density at radius 2 is 1.53 bits per heavy atom. The van der Waals surface area contributed by atoms with Gasteiger partial charge in [0.05, 0.1) is 35.6 Å². The van der Waals surface area contributed by atoms with E-state index >= 15 is 0 Å². The molecule has 1 amide bonds. The molecule has 0 radical (unpaired) electrons. The monoisotopic (exact) mass is 626 g/mol. The number of carbonyl (C=O) groups is 2. The maximum Gasteiger partial charge on any atom is 0.305 e. The lowest BCUT2D eigenvalue weighted by atomic mass is 9.94. The summed E-state index contributed by atoms with van der Waals surface area (Å²) in [5.74, 6) is -5.81. The molecule has 0 aliphatic heterocycles. The van der Waals surface area contributed by atoms with E-state index in [9.17, 15) is 43.2 Å². The molecule has 12 heteroatoms. The average molecular weight is 627 g/mol. The smallest absolute Gasteiger partial charge is 0.305 e. The number of nitrogens with zero attached hydrogens (tertiary/aromatic N) is 1. The second kappa shape index (κ2) is 13.9. The van der Waals surface area contributed by atoms with Crippen molar-refractivity contribution in [2.75, 3.05) is 5.32 Å². The highest BCUT2D eigenvalue weighted by atomic mass is 19.2. The fourth-order valence-corrected chi connectivity index (χ4v) is 5.35. The number of rotatable bonds is 12. The molecule has 0 unspecified atom stereocenters. The zero-order valence-electron chi connectivity index (χ0n) is 24.5. The third-order valence-corrected chi connectivity index (χ3v) is 7.27. The van der Waals surface area contributed by atoms with Gasteiger partial charge in [-0.1, -0.05) is 26.0 Å². The van der Waals surface area contributed by atoms with Gasteiger partial charge in [-0.15, -0.1) is 0 Å². The van der Waals surface area contributed by atoms with Crippen molar-refractivity contribution in [2.24, 2.45) is 0 Å².